The molecule has 1 fully saturated rings. The molecule has 2 heterocycles. The van der Waals surface area contributed by atoms with Gasteiger partial charge in [0.05, 0.1) is 5.35 Å². The molecule has 6 nitrogen and oxygen atoms in total. The minimum Gasteiger partial charge on any atom is -0.408 e. The van der Waals surface area contributed by atoms with Crippen LogP contribution in [0.2, 0.25) is 0 Å². The minimum atomic E-state index is -0.0536. The quantitative estimate of drug-likeness (QED) is 0.707. The molecular weight excluding hydrogens is 376 g/mol. The summed E-state index contributed by atoms with van der Waals surface area (Å²) in [4.78, 5) is 13.2. The molecule has 6 heteroatoms. The maximum atomic E-state index is 13.2. The Morgan fingerprint density at radius 1 is 1.27 bits per heavy atom. The van der Waals surface area contributed by atoms with Gasteiger partial charge in [0.25, 0.3) is 5.56 Å². The molecule has 0 radical (unpaired) electrons. The summed E-state index contributed by atoms with van der Waals surface area (Å²) in [5.74, 6) is 1.09. The van der Waals surface area contributed by atoms with E-state index in [0.29, 0.717) is 23.4 Å². The number of pyridine rings is 1. The molecule has 0 atom stereocenters. The fourth-order valence-corrected chi connectivity index (χ4v) is 3.51. The van der Waals surface area contributed by atoms with Gasteiger partial charge in [0.2, 0.25) is 5.89 Å². The summed E-state index contributed by atoms with van der Waals surface area (Å²) in [6, 6.07) is 8.20. The number of hydrogen-bond donors (Lipinski definition) is 1. The number of rotatable bonds is 5. The molecule has 2 aromatic heterocycles. The first-order chi connectivity index (χ1) is 14.4. The predicted octanol–water partition coefficient (Wildman–Crippen LogP) is 3.52. The molecule has 0 aliphatic heterocycles. The molecular formula is C24H26N4O2. The molecule has 0 spiro atoms. The Bertz CT molecular complexity index is 1310. The number of aryl methyl sites for hydroxylation is 1. The van der Waals surface area contributed by atoms with Crippen LogP contribution in [-0.4, -0.2) is 14.8 Å². The largest absolute Gasteiger partial charge is 0.408 e. The van der Waals surface area contributed by atoms with Crippen LogP contribution in [-0.2, 0) is 7.05 Å². The van der Waals surface area contributed by atoms with E-state index in [4.69, 9.17) is 4.42 Å². The molecule has 1 aliphatic carbocycles. The van der Waals surface area contributed by atoms with E-state index in [9.17, 15) is 4.79 Å². The third-order valence-electron chi connectivity index (χ3n) is 5.33. The van der Waals surface area contributed by atoms with Gasteiger partial charge >= 0.3 is 6.01 Å². The second-order valence-electron chi connectivity index (χ2n) is 7.92. The normalized spacial score (nSPS) is 14.9. The Hall–Kier alpha value is -3.41. The van der Waals surface area contributed by atoms with Gasteiger partial charge < -0.3 is 14.3 Å². The van der Waals surface area contributed by atoms with Gasteiger partial charge in [-0.3, -0.25) is 4.79 Å². The molecule has 154 valence electrons. The lowest BCUT2D eigenvalue weighted by molar-refractivity contribution is 0.511. The standard InChI is InChI=1S/C24H26N4O2/c1-6-16-12-20(23(29)28(5)21(16)11-14(2)3)19-13-18(10-7-15(19)4)25-24-27-26-22(30-24)17-8-9-17/h6-7,10-13,17H,2,8-9H2,1,3-5H3,(H,25,27)/b16-6-,21-11+. The number of aromatic nitrogens is 3. The number of benzene rings is 1. The Morgan fingerprint density at radius 2 is 2.03 bits per heavy atom. The highest BCUT2D eigenvalue weighted by molar-refractivity contribution is 5.72. The van der Waals surface area contributed by atoms with Crippen molar-refractivity contribution in [2.24, 2.45) is 7.05 Å². The van der Waals surface area contributed by atoms with Gasteiger partial charge in [-0.1, -0.05) is 29.4 Å². The number of nitrogens with one attached hydrogen (secondary N) is 1. The summed E-state index contributed by atoms with van der Waals surface area (Å²) in [5.41, 5.74) is 4.17. The van der Waals surface area contributed by atoms with E-state index in [0.717, 1.165) is 45.8 Å². The van der Waals surface area contributed by atoms with E-state index in [1.807, 2.05) is 57.2 Å². The molecule has 1 aromatic carbocycles. The van der Waals surface area contributed by atoms with Crippen LogP contribution in [0, 0.1) is 6.92 Å². The average molecular weight is 402 g/mol. The highest BCUT2D eigenvalue weighted by atomic mass is 16.4. The van der Waals surface area contributed by atoms with E-state index in [1.165, 1.54) is 0 Å². The first-order valence-corrected chi connectivity index (χ1v) is 10.1. The van der Waals surface area contributed by atoms with Crippen molar-refractivity contribution in [2.75, 3.05) is 5.32 Å². The fourth-order valence-electron chi connectivity index (χ4n) is 3.51. The van der Waals surface area contributed by atoms with Crippen LogP contribution in [0.4, 0.5) is 11.7 Å². The third-order valence-corrected chi connectivity index (χ3v) is 5.33. The van der Waals surface area contributed by atoms with Crippen molar-refractivity contribution in [3.8, 4) is 11.1 Å². The van der Waals surface area contributed by atoms with E-state index in [1.54, 1.807) is 11.6 Å². The van der Waals surface area contributed by atoms with Crippen molar-refractivity contribution in [3.63, 3.8) is 0 Å². The maximum absolute atomic E-state index is 13.2. The average Bonchev–Trinajstić information content (AvgIpc) is 3.46. The van der Waals surface area contributed by atoms with Gasteiger partial charge in [0, 0.05) is 24.2 Å². The molecule has 0 bridgehead atoms. The van der Waals surface area contributed by atoms with Crippen LogP contribution < -0.4 is 21.4 Å². The smallest absolute Gasteiger partial charge is 0.320 e. The number of nitrogens with zero attached hydrogens (tertiary/aromatic N) is 3. The summed E-state index contributed by atoms with van der Waals surface area (Å²) in [6.45, 7) is 9.84. The Balaban J connectivity index is 1.78. The van der Waals surface area contributed by atoms with Gasteiger partial charge in [-0.05, 0) is 74.2 Å². The summed E-state index contributed by atoms with van der Waals surface area (Å²) < 4.78 is 7.38. The zero-order valence-corrected chi connectivity index (χ0v) is 17.8. The zero-order valence-electron chi connectivity index (χ0n) is 17.8. The highest BCUT2D eigenvalue weighted by Crippen LogP contribution is 2.39. The number of anilines is 2. The van der Waals surface area contributed by atoms with Gasteiger partial charge in [0.1, 0.15) is 0 Å². The summed E-state index contributed by atoms with van der Waals surface area (Å²) in [5, 5.41) is 13.2. The Kier molecular flexibility index (Phi) is 5.16. The predicted molar refractivity (Wildman–Crippen MR) is 120 cm³/mol. The Morgan fingerprint density at radius 3 is 2.70 bits per heavy atom. The van der Waals surface area contributed by atoms with Crippen LogP contribution >= 0.6 is 0 Å². The summed E-state index contributed by atoms with van der Waals surface area (Å²) in [7, 11) is 1.79. The fraction of sp³-hybridized carbons (Fsp3) is 0.292. The first kappa shape index (κ1) is 19.9. The molecule has 1 saturated carbocycles. The first-order valence-electron chi connectivity index (χ1n) is 10.1. The monoisotopic (exact) mass is 402 g/mol. The van der Waals surface area contributed by atoms with Crippen LogP contribution in [0.15, 0.2) is 45.6 Å². The SMILES string of the molecule is C=C(C)/C=c1\c(=C/C)cc(-c2cc(Nc3nnc(C4CC4)o3)ccc2C)c(=O)n1C. The molecule has 0 saturated heterocycles. The van der Waals surface area contributed by atoms with Gasteiger partial charge in [-0.2, -0.15) is 0 Å². The van der Waals surface area contributed by atoms with Crippen molar-refractivity contribution in [2.45, 2.75) is 39.5 Å². The molecule has 3 aromatic rings. The molecule has 0 amide bonds. The molecule has 1 aliphatic rings. The van der Waals surface area contributed by atoms with Crippen molar-refractivity contribution in [1.29, 1.82) is 0 Å². The summed E-state index contributed by atoms with van der Waals surface area (Å²) in [6.07, 6.45) is 6.15. The molecule has 0 unspecified atom stereocenters. The van der Waals surface area contributed by atoms with Crippen LogP contribution in [0.3, 0.4) is 0 Å². The van der Waals surface area contributed by atoms with Crippen LogP contribution in [0.5, 0.6) is 0 Å². The van der Waals surface area contributed by atoms with Gasteiger partial charge in [0.15, 0.2) is 0 Å². The Labute approximate surface area is 175 Å². The lowest BCUT2D eigenvalue weighted by Gasteiger charge is -2.11. The topological polar surface area (TPSA) is 73.0 Å². The van der Waals surface area contributed by atoms with Gasteiger partial charge in [-0.25, -0.2) is 0 Å². The van der Waals surface area contributed by atoms with Crippen molar-refractivity contribution in [1.82, 2.24) is 14.8 Å². The lowest BCUT2D eigenvalue weighted by atomic mass is 10.00. The summed E-state index contributed by atoms with van der Waals surface area (Å²) >= 11 is 0. The van der Waals surface area contributed by atoms with Crippen molar-refractivity contribution in [3.05, 3.63) is 68.8 Å². The number of hydrogen-bond acceptors (Lipinski definition) is 5. The maximum Gasteiger partial charge on any atom is 0.320 e. The van der Waals surface area contributed by atoms with Crippen molar-refractivity contribution >= 4 is 23.9 Å². The molecule has 4 rings (SSSR count). The second-order valence-corrected chi connectivity index (χ2v) is 7.92. The lowest BCUT2D eigenvalue weighted by Crippen LogP contribution is -2.42. The highest BCUT2D eigenvalue weighted by Gasteiger charge is 2.29. The van der Waals surface area contributed by atoms with Crippen molar-refractivity contribution < 1.29 is 4.42 Å². The third kappa shape index (κ3) is 3.85. The van der Waals surface area contributed by atoms with Gasteiger partial charge in [-0.15, -0.1) is 5.10 Å². The zero-order chi connectivity index (χ0) is 21.4. The molecule has 1 N–H and O–H groups in total. The van der Waals surface area contributed by atoms with E-state index in [-0.39, 0.29) is 5.56 Å². The van der Waals surface area contributed by atoms with E-state index >= 15 is 0 Å². The van der Waals surface area contributed by atoms with E-state index in [2.05, 4.69) is 22.1 Å². The van der Waals surface area contributed by atoms with Crippen LogP contribution in [0.25, 0.3) is 23.3 Å². The number of allylic oxidation sites excluding steroid dienone is 1. The van der Waals surface area contributed by atoms with E-state index < -0.39 is 0 Å². The second kappa shape index (κ2) is 7.78. The molecule has 30 heavy (non-hydrogen) atoms. The minimum absolute atomic E-state index is 0.0536. The van der Waals surface area contributed by atoms with Crippen LogP contribution in [0.1, 0.15) is 44.1 Å².